The van der Waals surface area contributed by atoms with Crippen LogP contribution in [0, 0.1) is 11.8 Å². The highest BCUT2D eigenvalue weighted by Crippen LogP contribution is 2.38. The first-order valence-electron chi connectivity index (χ1n) is 5.03. The highest BCUT2D eigenvalue weighted by molar-refractivity contribution is 4.91. The molecule has 0 aromatic rings. The summed E-state index contributed by atoms with van der Waals surface area (Å²) >= 11 is 0. The van der Waals surface area contributed by atoms with Crippen molar-refractivity contribution in [3.8, 4) is 0 Å². The summed E-state index contributed by atoms with van der Waals surface area (Å²) in [6, 6.07) is 0. The molecule has 0 radical (unpaired) electrons. The molecule has 0 aromatic carbocycles. The molecule has 1 rings (SSSR count). The van der Waals surface area contributed by atoms with E-state index in [1.807, 2.05) is 0 Å². The lowest BCUT2D eigenvalue weighted by atomic mass is 9.70. The Kier molecular flexibility index (Phi) is 3.13. The number of hydrogen-bond acceptors (Lipinski definition) is 2. The van der Waals surface area contributed by atoms with Crippen LogP contribution in [0.1, 0.15) is 39.5 Å². The van der Waals surface area contributed by atoms with E-state index >= 15 is 0 Å². The van der Waals surface area contributed by atoms with Crippen molar-refractivity contribution in [3.05, 3.63) is 0 Å². The molecule has 0 spiro atoms. The summed E-state index contributed by atoms with van der Waals surface area (Å²) in [6.07, 6.45) is 4.51. The molecule has 0 amide bonds. The summed E-state index contributed by atoms with van der Waals surface area (Å²) in [5, 5.41) is 10.3. The molecule has 3 N–H and O–H groups in total. The molecule has 2 heteroatoms. The standard InChI is InChI=1S/C10H21NO/c1-8-5-3-4-6-10(8,12)9(2)7-11/h8-9,12H,3-7,11H2,1-2H3. The fourth-order valence-electron chi connectivity index (χ4n) is 2.29. The van der Waals surface area contributed by atoms with Gasteiger partial charge in [0.15, 0.2) is 0 Å². The lowest BCUT2D eigenvalue weighted by Gasteiger charge is -2.42. The van der Waals surface area contributed by atoms with E-state index in [0.29, 0.717) is 12.5 Å². The number of aliphatic hydroxyl groups is 1. The number of hydrogen-bond donors (Lipinski definition) is 2. The SMILES string of the molecule is CC(CN)C1(O)CCCCC1C. The van der Waals surface area contributed by atoms with E-state index in [9.17, 15) is 5.11 Å². The summed E-state index contributed by atoms with van der Waals surface area (Å²) < 4.78 is 0. The van der Waals surface area contributed by atoms with Crippen LogP contribution in [0.4, 0.5) is 0 Å². The van der Waals surface area contributed by atoms with Crippen LogP contribution in [0.25, 0.3) is 0 Å². The maximum atomic E-state index is 10.3. The first kappa shape index (κ1) is 10.0. The predicted octanol–water partition coefficient (Wildman–Crippen LogP) is 1.52. The molecule has 1 saturated carbocycles. The Morgan fingerprint density at radius 1 is 1.58 bits per heavy atom. The third kappa shape index (κ3) is 1.64. The van der Waals surface area contributed by atoms with Gasteiger partial charge in [0.25, 0.3) is 0 Å². The molecule has 0 saturated heterocycles. The van der Waals surface area contributed by atoms with Gasteiger partial charge in [-0.1, -0.05) is 26.7 Å². The van der Waals surface area contributed by atoms with E-state index in [0.717, 1.165) is 19.3 Å². The van der Waals surface area contributed by atoms with Gasteiger partial charge in [-0.05, 0) is 31.2 Å². The zero-order chi connectivity index (χ0) is 9.19. The molecule has 2 nitrogen and oxygen atoms in total. The smallest absolute Gasteiger partial charge is 0.0710 e. The summed E-state index contributed by atoms with van der Waals surface area (Å²) in [4.78, 5) is 0. The van der Waals surface area contributed by atoms with Gasteiger partial charge in [0, 0.05) is 0 Å². The second-order valence-corrected chi connectivity index (χ2v) is 4.27. The quantitative estimate of drug-likeness (QED) is 0.661. The Bertz CT molecular complexity index is 143. The largest absolute Gasteiger partial charge is 0.389 e. The van der Waals surface area contributed by atoms with Crippen molar-refractivity contribution in [1.29, 1.82) is 0 Å². The fraction of sp³-hybridized carbons (Fsp3) is 1.00. The van der Waals surface area contributed by atoms with Gasteiger partial charge in [-0.15, -0.1) is 0 Å². The zero-order valence-electron chi connectivity index (χ0n) is 8.21. The Labute approximate surface area is 75.2 Å². The molecule has 12 heavy (non-hydrogen) atoms. The first-order chi connectivity index (χ1) is 5.61. The third-order valence-corrected chi connectivity index (χ3v) is 3.52. The summed E-state index contributed by atoms with van der Waals surface area (Å²) in [5.74, 6) is 0.664. The van der Waals surface area contributed by atoms with Crippen molar-refractivity contribution in [2.75, 3.05) is 6.54 Å². The van der Waals surface area contributed by atoms with Crippen LogP contribution in [0.5, 0.6) is 0 Å². The van der Waals surface area contributed by atoms with Crippen LogP contribution in [-0.4, -0.2) is 17.3 Å². The molecule has 0 aromatic heterocycles. The van der Waals surface area contributed by atoms with Gasteiger partial charge in [-0.3, -0.25) is 0 Å². The van der Waals surface area contributed by atoms with E-state index in [1.165, 1.54) is 6.42 Å². The monoisotopic (exact) mass is 171 g/mol. The first-order valence-corrected chi connectivity index (χ1v) is 5.03. The molecular weight excluding hydrogens is 150 g/mol. The van der Waals surface area contributed by atoms with Gasteiger partial charge < -0.3 is 10.8 Å². The van der Waals surface area contributed by atoms with Crippen LogP contribution >= 0.6 is 0 Å². The average molecular weight is 171 g/mol. The molecule has 1 fully saturated rings. The third-order valence-electron chi connectivity index (χ3n) is 3.52. The van der Waals surface area contributed by atoms with Crippen molar-refractivity contribution < 1.29 is 5.11 Å². The summed E-state index contributed by atoms with van der Waals surface area (Å²) in [7, 11) is 0. The maximum absolute atomic E-state index is 10.3. The number of rotatable bonds is 2. The fourth-order valence-corrected chi connectivity index (χ4v) is 2.29. The van der Waals surface area contributed by atoms with Gasteiger partial charge >= 0.3 is 0 Å². The summed E-state index contributed by atoms with van der Waals surface area (Å²) in [6.45, 7) is 4.80. The normalized spacial score (nSPS) is 39.5. The van der Waals surface area contributed by atoms with Crippen molar-refractivity contribution in [2.24, 2.45) is 17.6 Å². The number of nitrogens with two attached hydrogens (primary N) is 1. The Morgan fingerprint density at radius 3 is 2.75 bits per heavy atom. The van der Waals surface area contributed by atoms with Crippen LogP contribution < -0.4 is 5.73 Å². The Hall–Kier alpha value is -0.0800. The minimum Gasteiger partial charge on any atom is -0.389 e. The zero-order valence-corrected chi connectivity index (χ0v) is 8.21. The molecule has 3 unspecified atom stereocenters. The van der Waals surface area contributed by atoms with Gasteiger partial charge in [0.2, 0.25) is 0 Å². The van der Waals surface area contributed by atoms with Gasteiger partial charge in [-0.25, -0.2) is 0 Å². The van der Waals surface area contributed by atoms with Gasteiger partial charge in [0.1, 0.15) is 0 Å². The van der Waals surface area contributed by atoms with E-state index in [-0.39, 0.29) is 5.92 Å². The minimum atomic E-state index is -0.479. The van der Waals surface area contributed by atoms with Gasteiger partial charge in [-0.2, -0.15) is 0 Å². The van der Waals surface area contributed by atoms with E-state index in [4.69, 9.17) is 5.73 Å². The molecule has 1 aliphatic carbocycles. The molecule has 1 aliphatic rings. The highest BCUT2D eigenvalue weighted by Gasteiger charge is 2.39. The molecule has 72 valence electrons. The molecule has 0 heterocycles. The second-order valence-electron chi connectivity index (χ2n) is 4.27. The second kappa shape index (κ2) is 3.75. The molecule has 0 bridgehead atoms. The topological polar surface area (TPSA) is 46.2 Å². The van der Waals surface area contributed by atoms with Gasteiger partial charge in [0.05, 0.1) is 5.60 Å². The van der Waals surface area contributed by atoms with Crippen LogP contribution in [0.15, 0.2) is 0 Å². The van der Waals surface area contributed by atoms with Crippen molar-refractivity contribution in [2.45, 2.75) is 45.1 Å². The van der Waals surface area contributed by atoms with E-state index in [2.05, 4.69) is 13.8 Å². The molecule has 0 aliphatic heterocycles. The van der Waals surface area contributed by atoms with Crippen molar-refractivity contribution >= 4 is 0 Å². The predicted molar refractivity (Wildman–Crippen MR) is 50.8 cm³/mol. The van der Waals surface area contributed by atoms with E-state index < -0.39 is 5.60 Å². The van der Waals surface area contributed by atoms with E-state index in [1.54, 1.807) is 0 Å². The Balaban J connectivity index is 2.65. The lowest BCUT2D eigenvalue weighted by Crippen LogP contribution is -2.47. The van der Waals surface area contributed by atoms with Crippen molar-refractivity contribution in [3.63, 3.8) is 0 Å². The van der Waals surface area contributed by atoms with Crippen molar-refractivity contribution in [1.82, 2.24) is 0 Å². The molecular formula is C10H21NO. The minimum absolute atomic E-state index is 0.243. The van der Waals surface area contributed by atoms with Crippen LogP contribution in [0.2, 0.25) is 0 Å². The molecule has 3 atom stereocenters. The highest BCUT2D eigenvalue weighted by atomic mass is 16.3. The maximum Gasteiger partial charge on any atom is 0.0710 e. The van der Waals surface area contributed by atoms with Crippen LogP contribution in [0.3, 0.4) is 0 Å². The summed E-state index contributed by atoms with van der Waals surface area (Å²) in [5.41, 5.74) is 5.11. The Morgan fingerprint density at radius 2 is 2.25 bits per heavy atom. The van der Waals surface area contributed by atoms with Crippen LogP contribution in [-0.2, 0) is 0 Å². The average Bonchev–Trinajstić information content (AvgIpc) is 2.09. The lowest BCUT2D eigenvalue weighted by molar-refractivity contribution is -0.0806.